The van der Waals surface area contributed by atoms with Crippen LogP contribution in [0.3, 0.4) is 0 Å². The number of hydrogen-bond donors (Lipinski definition) is 0. The van der Waals surface area contributed by atoms with Gasteiger partial charge in [-0.25, -0.2) is 12.8 Å². The van der Waals surface area contributed by atoms with E-state index in [0.29, 0.717) is 32.0 Å². The zero-order valence-corrected chi connectivity index (χ0v) is 16.8. The number of aryl methyl sites for hydroxylation is 1. The highest BCUT2D eigenvalue weighted by molar-refractivity contribution is 7.96. The van der Waals surface area contributed by atoms with Crippen molar-refractivity contribution in [3.8, 4) is 0 Å². The molecule has 0 atom stereocenters. The number of carbonyl (C=O) groups excluding carboxylic acids is 1. The van der Waals surface area contributed by atoms with E-state index >= 15 is 0 Å². The minimum atomic E-state index is -4.08. The zero-order valence-electron chi connectivity index (χ0n) is 16.0. The van der Waals surface area contributed by atoms with E-state index in [2.05, 4.69) is 0 Å². The molecule has 2 aliphatic heterocycles. The van der Waals surface area contributed by atoms with E-state index in [4.69, 9.17) is 4.74 Å². The monoisotopic (exact) mass is 416 g/mol. The van der Waals surface area contributed by atoms with Gasteiger partial charge in [-0.05, 0) is 42.3 Å². The van der Waals surface area contributed by atoms with E-state index in [0.717, 1.165) is 18.1 Å². The van der Waals surface area contributed by atoms with Gasteiger partial charge in [-0.1, -0.05) is 19.1 Å². The first-order chi connectivity index (χ1) is 13.9. The van der Waals surface area contributed by atoms with E-state index in [-0.39, 0.29) is 15.5 Å². The van der Waals surface area contributed by atoms with Crippen LogP contribution in [-0.2, 0) is 25.8 Å². The van der Waals surface area contributed by atoms with Gasteiger partial charge in [0.2, 0.25) is 9.84 Å². The molecule has 6 nitrogen and oxygen atoms in total. The summed E-state index contributed by atoms with van der Waals surface area (Å²) in [4.78, 5) is 15.7. The molecule has 152 valence electrons. The Balaban J connectivity index is 1.87. The second-order valence-electron chi connectivity index (χ2n) is 6.91. The molecular formula is C21H21FN2O4S. The average molecular weight is 416 g/mol. The van der Waals surface area contributed by atoms with Gasteiger partial charge in [-0.15, -0.1) is 0 Å². The number of morpholine rings is 1. The Hall–Kier alpha value is -2.71. The van der Waals surface area contributed by atoms with Gasteiger partial charge in [0.25, 0.3) is 5.91 Å². The maximum Gasteiger partial charge on any atom is 0.267 e. The number of amides is 1. The summed E-state index contributed by atoms with van der Waals surface area (Å²) in [6.07, 6.45) is 2.10. The van der Waals surface area contributed by atoms with Crippen molar-refractivity contribution < 1.29 is 22.3 Å². The van der Waals surface area contributed by atoms with Crippen LogP contribution in [0.25, 0.3) is 0 Å². The fraction of sp³-hybridized carbons (Fsp3) is 0.286. The fourth-order valence-electron chi connectivity index (χ4n) is 3.51. The van der Waals surface area contributed by atoms with Gasteiger partial charge < -0.3 is 14.5 Å². The fourth-order valence-corrected chi connectivity index (χ4v) is 5.03. The summed E-state index contributed by atoms with van der Waals surface area (Å²) < 4.78 is 45.7. The van der Waals surface area contributed by atoms with Crippen molar-refractivity contribution in [1.82, 2.24) is 4.90 Å². The van der Waals surface area contributed by atoms with Gasteiger partial charge >= 0.3 is 0 Å². The molecule has 8 heteroatoms. The summed E-state index contributed by atoms with van der Waals surface area (Å²) in [6, 6.07) is 11.0. The Labute approximate surface area is 169 Å². The number of carbonyl (C=O) groups is 1. The quantitative estimate of drug-likeness (QED) is 0.720. The van der Waals surface area contributed by atoms with Crippen molar-refractivity contribution in [3.05, 3.63) is 65.0 Å². The van der Waals surface area contributed by atoms with E-state index in [1.807, 2.05) is 25.1 Å². The molecule has 2 aromatic rings. The van der Waals surface area contributed by atoms with Gasteiger partial charge in [-0.2, -0.15) is 0 Å². The molecule has 0 N–H and O–H groups in total. The van der Waals surface area contributed by atoms with Gasteiger partial charge in [-0.3, -0.25) is 4.79 Å². The second-order valence-corrected chi connectivity index (χ2v) is 8.79. The molecule has 1 amide bonds. The third-order valence-corrected chi connectivity index (χ3v) is 6.90. The Morgan fingerprint density at radius 2 is 1.90 bits per heavy atom. The Bertz CT molecular complexity index is 1090. The predicted molar refractivity (Wildman–Crippen MR) is 107 cm³/mol. The summed E-state index contributed by atoms with van der Waals surface area (Å²) in [7, 11) is -4.08. The van der Waals surface area contributed by atoms with E-state index in [1.165, 1.54) is 23.2 Å². The third-order valence-electron chi connectivity index (χ3n) is 5.11. The van der Waals surface area contributed by atoms with Gasteiger partial charge in [0, 0.05) is 25.0 Å². The molecule has 0 unspecified atom stereocenters. The van der Waals surface area contributed by atoms with Crippen LogP contribution in [0.2, 0.25) is 0 Å². The second kappa shape index (κ2) is 7.61. The smallest absolute Gasteiger partial charge is 0.267 e. The lowest BCUT2D eigenvalue weighted by Gasteiger charge is -2.32. The number of rotatable bonds is 3. The minimum absolute atomic E-state index is 0.0834. The Morgan fingerprint density at radius 1 is 1.14 bits per heavy atom. The third kappa shape index (κ3) is 3.54. The molecule has 2 aliphatic rings. The molecular weight excluding hydrogens is 395 g/mol. The van der Waals surface area contributed by atoms with E-state index < -0.39 is 21.6 Å². The van der Waals surface area contributed by atoms with Crippen LogP contribution in [0.15, 0.2) is 58.5 Å². The molecule has 4 rings (SSSR count). The van der Waals surface area contributed by atoms with Crippen molar-refractivity contribution in [3.63, 3.8) is 0 Å². The summed E-state index contributed by atoms with van der Waals surface area (Å²) in [6.45, 7) is 3.39. The number of halogens is 1. The molecule has 0 aromatic heterocycles. The maximum absolute atomic E-state index is 14.0. The van der Waals surface area contributed by atoms with Gasteiger partial charge in [0.15, 0.2) is 4.91 Å². The summed E-state index contributed by atoms with van der Waals surface area (Å²) in [5.74, 6) is -1.12. The first-order valence-corrected chi connectivity index (χ1v) is 10.9. The lowest BCUT2D eigenvalue weighted by Crippen LogP contribution is -2.43. The van der Waals surface area contributed by atoms with Crippen LogP contribution in [0.4, 0.5) is 15.8 Å². The normalized spacial score (nSPS) is 18.2. The highest BCUT2D eigenvalue weighted by Crippen LogP contribution is 2.40. The number of fused-ring (bicyclic) bond motifs is 1. The molecule has 29 heavy (non-hydrogen) atoms. The van der Waals surface area contributed by atoms with Crippen LogP contribution in [-0.4, -0.2) is 45.5 Å². The van der Waals surface area contributed by atoms with Crippen LogP contribution >= 0.6 is 0 Å². The van der Waals surface area contributed by atoms with Crippen LogP contribution in [0.5, 0.6) is 0 Å². The number of hydrogen-bond acceptors (Lipinski definition) is 5. The molecule has 0 aliphatic carbocycles. The molecule has 0 spiro atoms. The summed E-state index contributed by atoms with van der Waals surface area (Å²) in [5, 5.41) is 0. The SMILES string of the molecule is CCc1cccc(N2C=C(C(=O)N3CCOCC3)S(=O)(=O)c3ccc(F)cc32)c1. The molecule has 2 aromatic carbocycles. The number of ether oxygens (including phenoxy) is 1. The van der Waals surface area contributed by atoms with Crippen LogP contribution in [0.1, 0.15) is 12.5 Å². The van der Waals surface area contributed by atoms with Crippen LogP contribution < -0.4 is 4.90 Å². The minimum Gasteiger partial charge on any atom is -0.378 e. The van der Waals surface area contributed by atoms with E-state index in [1.54, 1.807) is 11.0 Å². The maximum atomic E-state index is 14.0. The molecule has 2 heterocycles. The summed E-state index contributed by atoms with van der Waals surface area (Å²) in [5.41, 5.74) is 1.90. The van der Waals surface area contributed by atoms with Crippen molar-refractivity contribution in [2.24, 2.45) is 0 Å². The first kappa shape index (κ1) is 19.6. The Morgan fingerprint density at radius 3 is 2.62 bits per heavy atom. The highest BCUT2D eigenvalue weighted by Gasteiger charge is 2.38. The molecule has 1 fully saturated rings. The Kier molecular flexibility index (Phi) is 5.14. The average Bonchev–Trinajstić information content (AvgIpc) is 2.74. The lowest BCUT2D eigenvalue weighted by atomic mass is 10.1. The first-order valence-electron chi connectivity index (χ1n) is 9.43. The number of anilines is 2. The molecule has 0 radical (unpaired) electrons. The van der Waals surface area contributed by atoms with Crippen molar-refractivity contribution in [1.29, 1.82) is 0 Å². The molecule has 0 saturated carbocycles. The topological polar surface area (TPSA) is 66.9 Å². The number of nitrogens with zero attached hydrogens (tertiary/aromatic N) is 2. The predicted octanol–water partition coefficient (Wildman–Crippen LogP) is 3.01. The molecule has 0 bridgehead atoms. The number of benzene rings is 2. The van der Waals surface area contributed by atoms with Gasteiger partial charge in [0.1, 0.15) is 5.82 Å². The van der Waals surface area contributed by atoms with Crippen molar-refractivity contribution >= 4 is 27.1 Å². The van der Waals surface area contributed by atoms with Crippen molar-refractivity contribution in [2.45, 2.75) is 18.2 Å². The van der Waals surface area contributed by atoms with E-state index in [9.17, 15) is 17.6 Å². The zero-order chi connectivity index (χ0) is 20.6. The summed E-state index contributed by atoms with van der Waals surface area (Å²) >= 11 is 0. The number of sulfone groups is 1. The molecule has 1 saturated heterocycles. The van der Waals surface area contributed by atoms with Gasteiger partial charge in [0.05, 0.1) is 23.8 Å². The highest BCUT2D eigenvalue weighted by atomic mass is 32.2. The van der Waals surface area contributed by atoms with Crippen molar-refractivity contribution in [2.75, 3.05) is 31.2 Å². The standard InChI is InChI=1S/C21H21FN2O4S/c1-2-15-4-3-5-17(12-15)24-14-20(21(25)23-8-10-28-11-9-23)29(26,27)19-7-6-16(22)13-18(19)24/h3-7,12-14H,2,8-11H2,1H3. The lowest BCUT2D eigenvalue weighted by molar-refractivity contribution is -0.130. The largest absolute Gasteiger partial charge is 0.378 e. The van der Waals surface area contributed by atoms with Crippen LogP contribution in [0, 0.1) is 5.82 Å².